The van der Waals surface area contributed by atoms with Crippen LogP contribution in [0.4, 0.5) is 0 Å². The molecular weight excluding hydrogens is 168 g/mol. The standard InChI is InChI=1S/C9H9N2O2/c1-13-9-4-8(2-3-12)11-6-7(9)5-10/h2,4,6,12H,3H2,1H3. The molecule has 0 saturated carbocycles. The maximum atomic E-state index is 8.64. The molecule has 0 amide bonds. The van der Waals surface area contributed by atoms with Gasteiger partial charge in [0, 0.05) is 18.7 Å². The van der Waals surface area contributed by atoms with Crippen molar-refractivity contribution < 1.29 is 9.84 Å². The number of aliphatic hydroxyl groups is 1. The highest BCUT2D eigenvalue weighted by Gasteiger charge is 2.04. The van der Waals surface area contributed by atoms with Crippen LogP contribution in [0.25, 0.3) is 0 Å². The Morgan fingerprint density at radius 2 is 2.54 bits per heavy atom. The highest BCUT2D eigenvalue weighted by atomic mass is 16.5. The van der Waals surface area contributed by atoms with Gasteiger partial charge < -0.3 is 9.84 Å². The van der Waals surface area contributed by atoms with Gasteiger partial charge in [-0.1, -0.05) is 0 Å². The van der Waals surface area contributed by atoms with Crippen LogP contribution in [0.2, 0.25) is 0 Å². The number of methoxy groups -OCH3 is 1. The zero-order valence-electron chi connectivity index (χ0n) is 7.19. The summed E-state index contributed by atoms with van der Waals surface area (Å²) >= 11 is 0. The van der Waals surface area contributed by atoms with Crippen molar-refractivity contribution in [3.8, 4) is 11.8 Å². The lowest BCUT2D eigenvalue weighted by atomic mass is 10.2. The highest BCUT2D eigenvalue weighted by molar-refractivity contribution is 5.43. The Bertz CT molecular complexity index is 331. The Balaban J connectivity index is 3.00. The number of ether oxygens (including phenoxy) is 1. The SMILES string of the molecule is COc1cc([CH]CO)ncc1C#N. The molecule has 4 heteroatoms. The molecule has 1 aromatic heterocycles. The molecule has 4 nitrogen and oxygen atoms in total. The van der Waals surface area contributed by atoms with Crippen LogP contribution in [0, 0.1) is 17.8 Å². The second-order valence-corrected chi connectivity index (χ2v) is 2.31. The second-order valence-electron chi connectivity index (χ2n) is 2.31. The fraction of sp³-hybridized carbons (Fsp3) is 0.222. The van der Waals surface area contributed by atoms with E-state index in [0.29, 0.717) is 17.0 Å². The van der Waals surface area contributed by atoms with E-state index in [1.54, 1.807) is 6.07 Å². The number of nitriles is 1. The average Bonchev–Trinajstić information content (AvgIpc) is 2.18. The van der Waals surface area contributed by atoms with Crippen LogP contribution in [0.3, 0.4) is 0 Å². The smallest absolute Gasteiger partial charge is 0.140 e. The van der Waals surface area contributed by atoms with E-state index in [-0.39, 0.29) is 6.61 Å². The summed E-state index contributed by atoms with van der Waals surface area (Å²) in [5.41, 5.74) is 0.982. The van der Waals surface area contributed by atoms with Gasteiger partial charge in [0.15, 0.2) is 0 Å². The Morgan fingerprint density at radius 1 is 1.77 bits per heavy atom. The summed E-state index contributed by atoms with van der Waals surface area (Å²) in [6.45, 7) is -0.0813. The number of aliphatic hydroxyl groups excluding tert-OH is 1. The summed E-state index contributed by atoms with van der Waals surface area (Å²) in [6.07, 6.45) is 2.95. The van der Waals surface area contributed by atoms with E-state index < -0.39 is 0 Å². The number of hydrogen-bond donors (Lipinski definition) is 1. The third-order valence-corrected chi connectivity index (χ3v) is 1.53. The molecule has 0 aromatic carbocycles. The first kappa shape index (κ1) is 9.49. The largest absolute Gasteiger partial charge is 0.495 e. The van der Waals surface area contributed by atoms with Gasteiger partial charge in [-0.2, -0.15) is 5.26 Å². The highest BCUT2D eigenvalue weighted by Crippen LogP contribution is 2.17. The first-order valence-corrected chi connectivity index (χ1v) is 3.70. The average molecular weight is 177 g/mol. The minimum absolute atomic E-state index is 0.0813. The van der Waals surface area contributed by atoms with E-state index in [1.165, 1.54) is 19.7 Å². The van der Waals surface area contributed by atoms with Gasteiger partial charge in [-0.3, -0.25) is 4.98 Å². The molecule has 13 heavy (non-hydrogen) atoms. The Labute approximate surface area is 76.4 Å². The van der Waals surface area contributed by atoms with E-state index in [1.807, 2.05) is 6.07 Å². The second kappa shape index (κ2) is 4.43. The normalized spacial score (nSPS) is 9.31. The zero-order chi connectivity index (χ0) is 9.68. The summed E-state index contributed by atoms with van der Waals surface area (Å²) < 4.78 is 4.96. The Morgan fingerprint density at radius 3 is 3.08 bits per heavy atom. The van der Waals surface area contributed by atoms with Gasteiger partial charge in [0.25, 0.3) is 0 Å². The fourth-order valence-electron chi connectivity index (χ4n) is 0.910. The fourth-order valence-corrected chi connectivity index (χ4v) is 0.910. The summed E-state index contributed by atoms with van der Waals surface area (Å²) in [7, 11) is 1.49. The molecule has 0 saturated heterocycles. The van der Waals surface area contributed by atoms with E-state index >= 15 is 0 Å². The summed E-state index contributed by atoms with van der Waals surface area (Å²) in [6, 6.07) is 3.56. The number of pyridine rings is 1. The molecule has 0 aliphatic carbocycles. The van der Waals surface area contributed by atoms with Crippen LogP contribution in [-0.4, -0.2) is 23.8 Å². The minimum atomic E-state index is -0.0813. The lowest BCUT2D eigenvalue weighted by Crippen LogP contribution is -1.95. The van der Waals surface area contributed by atoms with Crippen LogP contribution >= 0.6 is 0 Å². The maximum Gasteiger partial charge on any atom is 0.140 e. The minimum Gasteiger partial charge on any atom is -0.495 e. The van der Waals surface area contributed by atoms with Gasteiger partial charge in [-0.25, -0.2) is 0 Å². The van der Waals surface area contributed by atoms with Crippen LogP contribution in [0.15, 0.2) is 12.3 Å². The van der Waals surface area contributed by atoms with Crippen LogP contribution in [0.1, 0.15) is 11.3 Å². The summed E-state index contributed by atoms with van der Waals surface area (Å²) in [4.78, 5) is 3.93. The third-order valence-electron chi connectivity index (χ3n) is 1.53. The topological polar surface area (TPSA) is 66.1 Å². The summed E-state index contributed by atoms with van der Waals surface area (Å²) in [5.74, 6) is 0.470. The van der Waals surface area contributed by atoms with Crippen molar-refractivity contribution in [1.82, 2.24) is 4.98 Å². The molecule has 0 fully saturated rings. The quantitative estimate of drug-likeness (QED) is 0.730. The molecule has 1 radical (unpaired) electrons. The van der Waals surface area contributed by atoms with Gasteiger partial charge >= 0.3 is 0 Å². The van der Waals surface area contributed by atoms with Gasteiger partial charge in [0.05, 0.1) is 19.4 Å². The predicted molar refractivity (Wildman–Crippen MR) is 46.0 cm³/mol. The first-order valence-electron chi connectivity index (χ1n) is 3.70. The number of rotatable bonds is 3. The molecule has 0 bridgehead atoms. The van der Waals surface area contributed by atoms with E-state index in [0.717, 1.165) is 0 Å². The van der Waals surface area contributed by atoms with Crippen LogP contribution in [-0.2, 0) is 0 Å². The first-order chi connectivity index (χ1) is 6.31. The van der Waals surface area contributed by atoms with E-state index in [9.17, 15) is 0 Å². The van der Waals surface area contributed by atoms with Crippen molar-refractivity contribution >= 4 is 0 Å². The molecule has 1 rings (SSSR count). The van der Waals surface area contributed by atoms with Crippen molar-refractivity contribution in [3.63, 3.8) is 0 Å². The molecular formula is C9H9N2O2. The van der Waals surface area contributed by atoms with Crippen molar-refractivity contribution in [2.45, 2.75) is 0 Å². The lowest BCUT2D eigenvalue weighted by Gasteiger charge is -2.03. The van der Waals surface area contributed by atoms with Gasteiger partial charge in [-0.15, -0.1) is 0 Å². The molecule has 0 unspecified atom stereocenters. The molecule has 1 N–H and O–H groups in total. The monoisotopic (exact) mass is 177 g/mol. The van der Waals surface area contributed by atoms with Gasteiger partial charge in [0.1, 0.15) is 17.4 Å². The van der Waals surface area contributed by atoms with Crippen molar-refractivity contribution in [3.05, 3.63) is 29.9 Å². The molecule has 0 spiro atoms. The molecule has 67 valence electrons. The van der Waals surface area contributed by atoms with E-state index in [2.05, 4.69) is 4.98 Å². The molecule has 0 atom stereocenters. The Hall–Kier alpha value is -1.60. The third kappa shape index (κ3) is 2.17. The van der Waals surface area contributed by atoms with Crippen molar-refractivity contribution in [2.24, 2.45) is 0 Å². The zero-order valence-corrected chi connectivity index (χ0v) is 7.19. The van der Waals surface area contributed by atoms with Crippen molar-refractivity contribution in [1.29, 1.82) is 5.26 Å². The molecule has 0 aliphatic heterocycles. The van der Waals surface area contributed by atoms with Crippen LogP contribution < -0.4 is 4.74 Å². The number of nitrogens with zero attached hydrogens (tertiary/aromatic N) is 2. The predicted octanol–water partition coefficient (Wildman–Crippen LogP) is 0.507. The molecule has 0 aliphatic rings. The Kier molecular flexibility index (Phi) is 3.23. The number of hydrogen-bond acceptors (Lipinski definition) is 4. The molecule has 1 aromatic rings. The maximum absolute atomic E-state index is 8.64. The van der Waals surface area contributed by atoms with Crippen molar-refractivity contribution in [2.75, 3.05) is 13.7 Å². The molecule has 1 heterocycles. The summed E-state index contributed by atoms with van der Waals surface area (Å²) in [5, 5.41) is 17.2. The van der Waals surface area contributed by atoms with Crippen LogP contribution in [0.5, 0.6) is 5.75 Å². The van der Waals surface area contributed by atoms with E-state index in [4.69, 9.17) is 15.1 Å². The lowest BCUT2D eigenvalue weighted by molar-refractivity contribution is 0.330. The number of aromatic nitrogens is 1. The van der Waals surface area contributed by atoms with Gasteiger partial charge in [0.2, 0.25) is 0 Å². The van der Waals surface area contributed by atoms with Gasteiger partial charge in [-0.05, 0) is 0 Å².